The van der Waals surface area contributed by atoms with E-state index >= 15 is 0 Å². The molecule has 0 spiro atoms. The van der Waals surface area contributed by atoms with Crippen LogP contribution in [0.15, 0.2) is 69.9 Å². The Morgan fingerprint density at radius 2 is 1.68 bits per heavy atom. The molecule has 0 atom stereocenters. The molecule has 0 saturated carbocycles. The van der Waals surface area contributed by atoms with Crippen LogP contribution >= 0.6 is 0 Å². The smallest absolute Gasteiger partial charge is 0.349 e. The zero-order valence-corrected chi connectivity index (χ0v) is 13.2. The summed E-state index contributed by atoms with van der Waals surface area (Å²) in [6.07, 6.45) is 0. The topological polar surface area (TPSA) is 87.8 Å². The van der Waals surface area contributed by atoms with Crippen LogP contribution in [0.3, 0.4) is 0 Å². The molecule has 126 valence electrons. The number of hydrogen-bond donors (Lipinski definition) is 1. The average molecular weight is 337 g/mol. The van der Waals surface area contributed by atoms with Crippen LogP contribution in [-0.4, -0.2) is 28.4 Å². The van der Waals surface area contributed by atoms with Crippen LogP contribution in [0.5, 0.6) is 0 Å². The molecule has 0 fully saturated rings. The Labute approximate surface area is 142 Å². The fourth-order valence-electron chi connectivity index (χ4n) is 2.55. The Morgan fingerprint density at radius 3 is 2.40 bits per heavy atom. The summed E-state index contributed by atoms with van der Waals surface area (Å²) in [5.41, 5.74) is 0.169. The SMILES string of the molecule is O=C(O)CN(Cc1ccccc1)C(=O)c1cc2ccccc2oc1=O. The molecular formula is C19H15NO5. The van der Waals surface area contributed by atoms with Gasteiger partial charge in [0.2, 0.25) is 0 Å². The van der Waals surface area contributed by atoms with E-state index in [0.29, 0.717) is 11.0 Å². The predicted octanol–water partition coefficient (Wildman–Crippen LogP) is 2.52. The third-order valence-electron chi connectivity index (χ3n) is 3.70. The van der Waals surface area contributed by atoms with Gasteiger partial charge in [-0.05, 0) is 17.7 Å². The van der Waals surface area contributed by atoms with Crippen molar-refractivity contribution in [1.29, 1.82) is 0 Å². The predicted molar refractivity (Wildman–Crippen MR) is 91.3 cm³/mol. The molecule has 0 radical (unpaired) electrons. The van der Waals surface area contributed by atoms with Gasteiger partial charge in [0, 0.05) is 11.9 Å². The zero-order valence-electron chi connectivity index (χ0n) is 13.2. The number of benzene rings is 2. The van der Waals surface area contributed by atoms with Gasteiger partial charge < -0.3 is 14.4 Å². The second-order valence-corrected chi connectivity index (χ2v) is 5.53. The highest BCUT2D eigenvalue weighted by Crippen LogP contribution is 2.15. The zero-order chi connectivity index (χ0) is 17.8. The largest absolute Gasteiger partial charge is 0.480 e. The van der Waals surface area contributed by atoms with Gasteiger partial charge in [0.15, 0.2) is 0 Å². The van der Waals surface area contributed by atoms with Crippen molar-refractivity contribution in [1.82, 2.24) is 4.90 Å². The number of aliphatic carboxylic acids is 1. The van der Waals surface area contributed by atoms with Crippen LogP contribution in [-0.2, 0) is 11.3 Å². The van der Waals surface area contributed by atoms with Gasteiger partial charge in [-0.2, -0.15) is 0 Å². The van der Waals surface area contributed by atoms with Crippen molar-refractivity contribution in [2.45, 2.75) is 6.54 Å². The van der Waals surface area contributed by atoms with Crippen molar-refractivity contribution in [3.05, 3.63) is 82.2 Å². The summed E-state index contributed by atoms with van der Waals surface area (Å²) in [7, 11) is 0. The van der Waals surface area contributed by atoms with Crippen LogP contribution in [0.1, 0.15) is 15.9 Å². The molecule has 1 heterocycles. The number of carboxylic acid groups (broad SMARTS) is 1. The van der Waals surface area contributed by atoms with Gasteiger partial charge in [0.1, 0.15) is 17.7 Å². The number of carbonyl (C=O) groups is 2. The third kappa shape index (κ3) is 3.74. The van der Waals surface area contributed by atoms with Gasteiger partial charge in [-0.3, -0.25) is 9.59 Å². The number of nitrogens with zero attached hydrogens (tertiary/aromatic N) is 1. The lowest BCUT2D eigenvalue weighted by Crippen LogP contribution is -2.37. The highest BCUT2D eigenvalue weighted by atomic mass is 16.4. The maximum atomic E-state index is 12.8. The molecule has 0 aliphatic rings. The minimum Gasteiger partial charge on any atom is -0.480 e. The molecule has 0 unspecified atom stereocenters. The fraction of sp³-hybridized carbons (Fsp3) is 0.105. The van der Waals surface area contributed by atoms with E-state index in [1.165, 1.54) is 6.07 Å². The first-order valence-electron chi connectivity index (χ1n) is 7.62. The molecule has 0 saturated heterocycles. The molecule has 1 aromatic heterocycles. The summed E-state index contributed by atoms with van der Waals surface area (Å²) < 4.78 is 5.17. The molecule has 25 heavy (non-hydrogen) atoms. The molecule has 1 amide bonds. The van der Waals surface area contributed by atoms with Crippen LogP contribution in [0.4, 0.5) is 0 Å². The molecule has 0 bridgehead atoms. The number of para-hydroxylation sites is 1. The minimum atomic E-state index is -1.16. The molecule has 2 aromatic carbocycles. The van der Waals surface area contributed by atoms with Crippen molar-refractivity contribution >= 4 is 22.8 Å². The molecule has 1 N–H and O–H groups in total. The summed E-state index contributed by atoms with van der Waals surface area (Å²) in [6.45, 7) is -0.432. The summed E-state index contributed by atoms with van der Waals surface area (Å²) in [4.78, 5) is 37.2. The second kappa shape index (κ2) is 7.00. The first-order chi connectivity index (χ1) is 12.0. The van der Waals surface area contributed by atoms with Crippen molar-refractivity contribution < 1.29 is 19.1 Å². The number of rotatable bonds is 5. The molecule has 0 aliphatic carbocycles. The summed E-state index contributed by atoms with van der Waals surface area (Å²) in [6, 6.07) is 17.2. The van der Waals surface area contributed by atoms with E-state index in [1.54, 1.807) is 48.5 Å². The highest BCUT2D eigenvalue weighted by molar-refractivity contribution is 5.97. The van der Waals surface area contributed by atoms with Crippen molar-refractivity contribution in [2.24, 2.45) is 0 Å². The summed E-state index contributed by atoms with van der Waals surface area (Å²) in [5, 5.41) is 9.70. The van der Waals surface area contributed by atoms with Crippen molar-refractivity contribution in [3.8, 4) is 0 Å². The monoisotopic (exact) mass is 337 g/mol. The Hall–Kier alpha value is -3.41. The van der Waals surface area contributed by atoms with Crippen LogP contribution < -0.4 is 5.63 Å². The minimum absolute atomic E-state index is 0.0816. The first kappa shape index (κ1) is 16.4. The van der Waals surface area contributed by atoms with Gasteiger partial charge in [-0.1, -0.05) is 48.5 Å². The van der Waals surface area contributed by atoms with E-state index in [0.717, 1.165) is 10.5 Å². The van der Waals surface area contributed by atoms with Crippen molar-refractivity contribution in [2.75, 3.05) is 6.54 Å². The molecule has 3 aromatic rings. The number of carboxylic acids is 1. The molecular weight excluding hydrogens is 322 g/mol. The maximum Gasteiger partial charge on any atom is 0.349 e. The Bertz CT molecular complexity index is 978. The maximum absolute atomic E-state index is 12.8. The van der Waals surface area contributed by atoms with Crippen LogP contribution in [0.25, 0.3) is 11.0 Å². The normalized spacial score (nSPS) is 10.6. The Kier molecular flexibility index (Phi) is 4.61. The summed E-state index contributed by atoms with van der Waals surface area (Å²) in [5.74, 6) is -1.83. The van der Waals surface area contributed by atoms with Crippen LogP contribution in [0, 0.1) is 0 Å². The lowest BCUT2D eigenvalue weighted by atomic mass is 10.1. The standard InChI is InChI=1S/C19H15NO5/c21-17(22)12-20(11-13-6-2-1-3-7-13)18(23)15-10-14-8-4-5-9-16(14)25-19(15)24/h1-10H,11-12H2,(H,21,22). The highest BCUT2D eigenvalue weighted by Gasteiger charge is 2.22. The van der Waals surface area contributed by atoms with Gasteiger partial charge in [0.05, 0.1) is 0 Å². The Morgan fingerprint density at radius 1 is 1.00 bits per heavy atom. The number of carbonyl (C=O) groups excluding carboxylic acids is 1. The van der Waals surface area contributed by atoms with Gasteiger partial charge in [-0.25, -0.2) is 4.79 Å². The first-order valence-corrected chi connectivity index (χ1v) is 7.62. The van der Waals surface area contributed by atoms with Gasteiger partial charge >= 0.3 is 11.6 Å². The summed E-state index contributed by atoms with van der Waals surface area (Å²) >= 11 is 0. The van der Waals surface area contributed by atoms with Gasteiger partial charge in [0.25, 0.3) is 5.91 Å². The quantitative estimate of drug-likeness (QED) is 0.723. The lowest BCUT2D eigenvalue weighted by molar-refractivity contribution is -0.137. The van der Waals surface area contributed by atoms with Crippen LogP contribution in [0.2, 0.25) is 0 Å². The van der Waals surface area contributed by atoms with E-state index in [2.05, 4.69) is 0 Å². The second-order valence-electron chi connectivity index (χ2n) is 5.53. The van der Waals surface area contributed by atoms with Gasteiger partial charge in [-0.15, -0.1) is 0 Å². The van der Waals surface area contributed by atoms with E-state index in [9.17, 15) is 14.4 Å². The van der Waals surface area contributed by atoms with E-state index in [-0.39, 0.29) is 12.1 Å². The fourth-order valence-corrected chi connectivity index (χ4v) is 2.55. The molecule has 6 nitrogen and oxygen atoms in total. The molecule has 6 heteroatoms. The van der Waals surface area contributed by atoms with E-state index < -0.39 is 24.0 Å². The number of amides is 1. The third-order valence-corrected chi connectivity index (χ3v) is 3.70. The molecule has 0 aliphatic heterocycles. The van der Waals surface area contributed by atoms with E-state index in [1.807, 2.05) is 6.07 Å². The van der Waals surface area contributed by atoms with Crippen molar-refractivity contribution in [3.63, 3.8) is 0 Å². The van der Waals surface area contributed by atoms with E-state index in [4.69, 9.17) is 9.52 Å². The average Bonchev–Trinajstić information content (AvgIpc) is 2.60. The Balaban J connectivity index is 1.98. The number of fused-ring (bicyclic) bond motifs is 1. The lowest BCUT2D eigenvalue weighted by Gasteiger charge is -2.20. The molecule has 3 rings (SSSR count). The number of hydrogen-bond acceptors (Lipinski definition) is 4.